The molecule has 1 heterocycles. The molecule has 0 saturated heterocycles. The zero-order valence-corrected chi connectivity index (χ0v) is 39.6. The maximum Gasteiger partial charge on any atom is 0.410 e. The number of urea groups is 1. The smallest absolute Gasteiger partial charge is 0.410 e. The number of nitrogens with one attached hydrogen (secondary N) is 4. The van der Waals surface area contributed by atoms with Crippen molar-refractivity contribution in [3.8, 4) is 11.1 Å². The summed E-state index contributed by atoms with van der Waals surface area (Å²) in [4.78, 5) is 101. The van der Waals surface area contributed by atoms with Gasteiger partial charge in [0, 0.05) is 64.5 Å². The van der Waals surface area contributed by atoms with Crippen LogP contribution in [0.3, 0.4) is 0 Å². The number of anilines is 1. The molecule has 3 aromatic rings. The predicted molar refractivity (Wildman–Crippen MR) is 254 cm³/mol. The Balaban J connectivity index is 0.00000157. The molecule has 0 aromatic heterocycles. The maximum atomic E-state index is 12.9. The zero-order chi connectivity index (χ0) is 49.5. The quantitative estimate of drug-likeness (QED) is 0.0611. The van der Waals surface area contributed by atoms with E-state index in [4.69, 9.17) is 15.2 Å². The number of likely N-dealkylation sites (N-methyl/N-ethyl adjacent to an activating group) is 2. The molecule has 1 aliphatic heterocycles. The molecule has 0 aliphatic carbocycles. The summed E-state index contributed by atoms with van der Waals surface area (Å²) >= 11 is 0. The van der Waals surface area contributed by atoms with E-state index in [1.54, 1.807) is 52.2 Å². The Hall–Kier alpha value is -7.24. The second-order valence-electron chi connectivity index (χ2n) is 16.7. The largest absolute Gasteiger partial charge is 0.445 e. The summed E-state index contributed by atoms with van der Waals surface area (Å²) in [7, 11) is 3.17. The number of nitrogens with two attached hydrogens (primary N) is 1. The predicted octanol–water partition coefficient (Wildman–Crippen LogP) is 5.67. The summed E-state index contributed by atoms with van der Waals surface area (Å²) in [6, 6.07) is 23.3. The lowest BCUT2D eigenvalue weighted by Gasteiger charge is -2.29. The lowest BCUT2D eigenvalue weighted by atomic mass is 9.95. The van der Waals surface area contributed by atoms with Crippen LogP contribution in [-0.2, 0) is 45.7 Å². The number of primary amides is 1. The molecule has 6 N–H and O–H groups in total. The standard InChI is InChI=1S/C45H56N6O9.C4H10N2O/c1-31(2)41(48-37(52)15-11-8-12-26-51-39(54)24-25-40(51)55)42(56)46-29-38(53)47-36-22-16-32(17-23-36)30-59-43(57)49(5)27-28-50(6)44(58)60-45(3,4)35-20-18-34(19-21-35)33-13-9-7-10-14-33;1-2-3-6-4(5)7/h7,9-10,13-14,16-25,31,41H,8,11-12,15,26-30H2,1-6H3,(H,46,56)(H,47,53)(H,48,52);2-3H2,1H3,(H3,5,6,7). The van der Waals surface area contributed by atoms with Gasteiger partial charge in [-0.3, -0.25) is 28.9 Å². The first-order valence-electron chi connectivity index (χ1n) is 22.3. The first-order chi connectivity index (χ1) is 31.8. The fourth-order valence-electron chi connectivity index (χ4n) is 6.37. The van der Waals surface area contributed by atoms with E-state index in [-0.39, 0.29) is 62.8 Å². The Morgan fingerprint density at radius 3 is 1.91 bits per heavy atom. The number of carbonyl (C=O) groups is 8. The third kappa shape index (κ3) is 19.0. The van der Waals surface area contributed by atoms with Gasteiger partial charge < -0.3 is 46.3 Å². The van der Waals surface area contributed by atoms with Gasteiger partial charge in [0.15, 0.2) is 0 Å². The molecule has 0 radical (unpaired) electrons. The van der Waals surface area contributed by atoms with Crippen LogP contribution in [0.25, 0.3) is 11.1 Å². The van der Waals surface area contributed by atoms with Crippen molar-refractivity contribution in [2.45, 2.75) is 85.0 Å². The van der Waals surface area contributed by atoms with Crippen LogP contribution in [-0.4, -0.2) is 115 Å². The van der Waals surface area contributed by atoms with Gasteiger partial charge in [-0.1, -0.05) is 93.9 Å². The number of carbonyl (C=O) groups excluding carboxylic acids is 8. The van der Waals surface area contributed by atoms with Gasteiger partial charge in [-0.2, -0.15) is 0 Å². The fourth-order valence-corrected chi connectivity index (χ4v) is 6.37. The summed E-state index contributed by atoms with van der Waals surface area (Å²) in [5.74, 6) is -2.19. The minimum absolute atomic E-state index is 0.0246. The van der Waals surface area contributed by atoms with Crippen molar-refractivity contribution in [3.05, 3.63) is 102 Å². The minimum atomic E-state index is -0.887. The molecular weight excluding hydrogens is 861 g/mol. The van der Waals surface area contributed by atoms with E-state index in [1.165, 1.54) is 22.0 Å². The zero-order valence-electron chi connectivity index (χ0n) is 39.6. The molecule has 9 amide bonds. The van der Waals surface area contributed by atoms with Crippen molar-refractivity contribution in [2.75, 3.05) is 52.1 Å². The van der Waals surface area contributed by atoms with Crippen LogP contribution in [0.5, 0.6) is 0 Å². The van der Waals surface area contributed by atoms with Crippen molar-refractivity contribution in [1.29, 1.82) is 0 Å². The summed E-state index contributed by atoms with van der Waals surface area (Å²) in [6.45, 7) is 10.2. The first kappa shape index (κ1) is 54.1. The molecule has 67 heavy (non-hydrogen) atoms. The lowest BCUT2D eigenvalue weighted by molar-refractivity contribution is -0.137. The number of hydrogen-bond donors (Lipinski definition) is 5. The van der Waals surface area contributed by atoms with Gasteiger partial charge in [0.2, 0.25) is 17.7 Å². The Morgan fingerprint density at radius 1 is 0.746 bits per heavy atom. The molecule has 0 spiro atoms. The van der Waals surface area contributed by atoms with Gasteiger partial charge in [-0.15, -0.1) is 0 Å². The average Bonchev–Trinajstić information content (AvgIpc) is 3.63. The number of hydrogen-bond acceptors (Lipinski definition) is 10. The Kier molecular flexibility index (Phi) is 22.0. The van der Waals surface area contributed by atoms with Gasteiger partial charge >= 0.3 is 18.2 Å². The molecule has 362 valence electrons. The van der Waals surface area contributed by atoms with Crippen LogP contribution < -0.4 is 27.0 Å². The molecule has 0 fully saturated rings. The highest BCUT2D eigenvalue weighted by Gasteiger charge is 2.28. The molecule has 18 nitrogen and oxygen atoms in total. The molecule has 1 unspecified atom stereocenters. The van der Waals surface area contributed by atoms with Gasteiger partial charge in [-0.25, -0.2) is 14.4 Å². The van der Waals surface area contributed by atoms with E-state index in [1.807, 2.05) is 75.4 Å². The Morgan fingerprint density at radius 2 is 1.34 bits per heavy atom. The van der Waals surface area contributed by atoms with E-state index in [0.717, 1.165) is 28.0 Å². The van der Waals surface area contributed by atoms with Crippen molar-refractivity contribution in [3.63, 3.8) is 0 Å². The van der Waals surface area contributed by atoms with Crippen LogP contribution in [0, 0.1) is 5.92 Å². The lowest BCUT2D eigenvalue weighted by Crippen LogP contribution is -2.51. The number of benzene rings is 3. The summed E-state index contributed by atoms with van der Waals surface area (Å²) in [5, 5.41) is 10.4. The maximum absolute atomic E-state index is 12.9. The van der Waals surface area contributed by atoms with Gasteiger partial charge in [0.05, 0.1) is 6.54 Å². The molecule has 1 aliphatic rings. The SMILES string of the molecule is CC(C)C(NC(=O)CCCCCN1C(=O)C=CC1=O)C(=O)NCC(=O)Nc1ccc(COC(=O)N(C)CCN(C)C(=O)OC(C)(C)c2ccc(-c3ccccc3)cc2)cc1.CCCNC(N)=O. The van der Waals surface area contributed by atoms with Crippen LogP contribution in [0.1, 0.15) is 77.8 Å². The molecule has 18 heteroatoms. The highest BCUT2D eigenvalue weighted by molar-refractivity contribution is 6.12. The highest BCUT2D eigenvalue weighted by Crippen LogP contribution is 2.28. The molecule has 1 atom stereocenters. The number of nitrogens with zero attached hydrogens (tertiary/aromatic N) is 3. The van der Waals surface area contributed by atoms with Crippen molar-refractivity contribution in [2.24, 2.45) is 11.7 Å². The highest BCUT2D eigenvalue weighted by atomic mass is 16.6. The second kappa shape index (κ2) is 27.3. The molecule has 3 aromatic carbocycles. The Bertz CT molecular complexity index is 2140. The second-order valence-corrected chi connectivity index (χ2v) is 16.7. The van der Waals surface area contributed by atoms with Gasteiger partial charge in [0.25, 0.3) is 11.8 Å². The number of ether oxygens (including phenoxy) is 2. The van der Waals surface area contributed by atoms with E-state index < -0.39 is 41.7 Å². The van der Waals surface area contributed by atoms with Gasteiger partial charge in [0.1, 0.15) is 18.2 Å². The summed E-state index contributed by atoms with van der Waals surface area (Å²) in [5.41, 5.74) is 7.98. The third-order valence-corrected chi connectivity index (χ3v) is 10.4. The van der Waals surface area contributed by atoms with Gasteiger partial charge in [-0.05, 0) is 73.4 Å². The van der Waals surface area contributed by atoms with Crippen molar-refractivity contribution < 1.29 is 47.8 Å². The van der Waals surface area contributed by atoms with E-state index in [2.05, 4.69) is 21.3 Å². The van der Waals surface area contributed by atoms with Crippen molar-refractivity contribution in [1.82, 2.24) is 30.7 Å². The van der Waals surface area contributed by atoms with E-state index >= 15 is 0 Å². The van der Waals surface area contributed by atoms with Crippen LogP contribution >= 0.6 is 0 Å². The van der Waals surface area contributed by atoms with Crippen molar-refractivity contribution >= 4 is 53.4 Å². The van der Waals surface area contributed by atoms with Crippen LogP contribution in [0.4, 0.5) is 20.1 Å². The minimum Gasteiger partial charge on any atom is -0.445 e. The van der Waals surface area contributed by atoms with Crippen LogP contribution in [0.2, 0.25) is 0 Å². The summed E-state index contributed by atoms with van der Waals surface area (Å²) in [6.07, 6.45) is 4.18. The average molecular weight is 927 g/mol. The summed E-state index contributed by atoms with van der Waals surface area (Å²) < 4.78 is 11.3. The Labute approximate surface area is 393 Å². The fraction of sp³-hybridized carbons (Fsp3) is 0.429. The normalized spacial score (nSPS) is 12.3. The van der Waals surface area contributed by atoms with E-state index in [9.17, 15) is 38.4 Å². The topological polar surface area (TPSA) is 239 Å². The number of imide groups is 1. The molecule has 0 bridgehead atoms. The number of amides is 9. The third-order valence-electron chi connectivity index (χ3n) is 10.4. The number of unbranched alkanes of at least 4 members (excludes halogenated alkanes) is 2. The number of rotatable bonds is 22. The monoisotopic (exact) mass is 926 g/mol. The molecule has 4 rings (SSSR count). The van der Waals surface area contributed by atoms with E-state index in [0.29, 0.717) is 37.1 Å². The van der Waals surface area contributed by atoms with Crippen LogP contribution in [0.15, 0.2) is 91.0 Å². The first-order valence-corrected chi connectivity index (χ1v) is 22.3. The molecular formula is C49H66N8O10. The molecule has 0 saturated carbocycles.